The molecule has 0 radical (unpaired) electrons. The number of pyridine rings is 1. The summed E-state index contributed by atoms with van der Waals surface area (Å²) in [6.45, 7) is 2.14. The van der Waals surface area contributed by atoms with Crippen molar-refractivity contribution in [3.63, 3.8) is 0 Å². The minimum Gasteiger partial charge on any atom is -0.381 e. The van der Waals surface area contributed by atoms with Gasteiger partial charge in [0.05, 0.1) is 12.2 Å². The standard InChI is InChI=1S/C28H30N2O2S/c1-33-26-25(13-8-15-29-26)27(31)30(19-21-9-4-2-5-10-21)24-17-23-14-16-32-20-28(23,18-24)22-11-6-3-7-12-22/h2-13,15,23-24H,14,16-20H2,1H3/t23-,24+,28-/m1/s1. The van der Waals surface area contributed by atoms with Crippen LogP contribution in [0.4, 0.5) is 0 Å². The normalized spacial score (nSPS) is 24.3. The summed E-state index contributed by atoms with van der Waals surface area (Å²) in [7, 11) is 0. The first-order chi connectivity index (χ1) is 16.2. The third kappa shape index (κ3) is 4.32. The van der Waals surface area contributed by atoms with Gasteiger partial charge < -0.3 is 9.64 Å². The number of carbonyl (C=O) groups is 1. The fourth-order valence-electron chi connectivity index (χ4n) is 5.74. The quantitative estimate of drug-likeness (QED) is 0.452. The smallest absolute Gasteiger partial charge is 0.257 e. The molecule has 170 valence electrons. The van der Waals surface area contributed by atoms with Crippen LogP contribution in [0.25, 0.3) is 0 Å². The first kappa shape index (κ1) is 22.2. The molecule has 3 aromatic rings. The van der Waals surface area contributed by atoms with Gasteiger partial charge in [0.2, 0.25) is 0 Å². The Hall–Kier alpha value is -2.63. The van der Waals surface area contributed by atoms with Gasteiger partial charge in [0.25, 0.3) is 5.91 Å². The van der Waals surface area contributed by atoms with Gasteiger partial charge in [-0.05, 0) is 54.7 Å². The average Bonchev–Trinajstić information content (AvgIpc) is 3.29. The first-order valence-corrected chi connectivity index (χ1v) is 12.9. The van der Waals surface area contributed by atoms with Crippen molar-refractivity contribution >= 4 is 17.7 Å². The molecule has 1 aliphatic carbocycles. The molecule has 2 fully saturated rings. The van der Waals surface area contributed by atoms with Crippen LogP contribution in [-0.4, -0.2) is 41.3 Å². The topological polar surface area (TPSA) is 42.4 Å². The van der Waals surface area contributed by atoms with Crippen LogP contribution in [0.3, 0.4) is 0 Å². The number of rotatable bonds is 6. The van der Waals surface area contributed by atoms with Crippen LogP contribution in [0.5, 0.6) is 0 Å². The summed E-state index contributed by atoms with van der Waals surface area (Å²) in [5.41, 5.74) is 3.16. The van der Waals surface area contributed by atoms with Gasteiger partial charge in [-0.2, -0.15) is 0 Å². The second kappa shape index (κ2) is 9.70. The van der Waals surface area contributed by atoms with E-state index in [-0.39, 0.29) is 17.4 Å². The Morgan fingerprint density at radius 1 is 1.09 bits per heavy atom. The summed E-state index contributed by atoms with van der Waals surface area (Å²) >= 11 is 1.53. The number of fused-ring (bicyclic) bond motifs is 1. The second-order valence-corrected chi connectivity index (χ2v) is 9.93. The van der Waals surface area contributed by atoms with Crippen LogP contribution in [0, 0.1) is 5.92 Å². The predicted octanol–water partition coefficient (Wildman–Crippen LogP) is 5.58. The highest BCUT2D eigenvalue weighted by Crippen LogP contribution is 2.51. The van der Waals surface area contributed by atoms with Crippen molar-refractivity contribution in [3.05, 3.63) is 95.7 Å². The number of thioether (sulfide) groups is 1. The Kier molecular flexibility index (Phi) is 6.52. The van der Waals surface area contributed by atoms with Gasteiger partial charge in [-0.3, -0.25) is 4.79 Å². The molecule has 1 aliphatic heterocycles. The summed E-state index contributed by atoms with van der Waals surface area (Å²) in [5, 5.41) is 0.789. The maximum Gasteiger partial charge on any atom is 0.257 e. The largest absolute Gasteiger partial charge is 0.381 e. The number of hydrogen-bond acceptors (Lipinski definition) is 4. The van der Waals surface area contributed by atoms with Gasteiger partial charge in [0.15, 0.2) is 0 Å². The van der Waals surface area contributed by atoms with Crippen molar-refractivity contribution in [2.24, 2.45) is 5.92 Å². The molecule has 5 rings (SSSR count). The van der Waals surface area contributed by atoms with Gasteiger partial charge in [-0.25, -0.2) is 4.98 Å². The highest BCUT2D eigenvalue weighted by Gasteiger charge is 2.52. The second-order valence-electron chi connectivity index (χ2n) is 9.13. The number of ether oxygens (including phenoxy) is 1. The molecule has 0 spiro atoms. The molecule has 2 aliphatic rings. The van der Waals surface area contributed by atoms with E-state index >= 15 is 0 Å². The van der Waals surface area contributed by atoms with Crippen molar-refractivity contribution in [3.8, 4) is 0 Å². The molecule has 33 heavy (non-hydrogen) atoms. The lowest BCUT2D eigenvalue weighted by Crippen LogP contribution is -2.42. The molecule has 4 nitrogen and oxygen atoms in total. The third-order valence-corrected chi connectivity index (χ3v) is 8.06. The van der Waals surface area contributed by atoms with Crippen LogP contribution in [0.2, 0.25) is 0 Å². The Morgan fingerprint density at radius 2 is 1.85 bits per heavy atom. The lowest BCUT2D eigenvalue weighted by Gasteiger charge is -2.40. The van der Waals surface area contributed by atoms with E-state index in [1.807, 2.05) is 36.6 Å². The summed E-state index contributed by atoms with van der Waals surface area (Å²) in [6.07, 6.45) is 6.71. The molecule has 0 N–H and O–H groups in total. The number of benzene rings is 2. The molecule has 0 bridgehead atoms. The predicted molar refractivity (Wildman–Crippen MR) is 132 cm³/mol. The van der Waals surface area contributed by atoms with E-state index in [1.54, 1.807) is 6.20 Å². The lowest BCUT2D eigenvalue weighted by atomic mass is 9.70. The number of hydrogen-bond donors (Lipinski definition) is 0. The fourth-order valence-corrected chi connectivity index (χ4v) is 6.28. The maximum absolute atomic E-state index is 14.0. The number of carbonyl (C=O) groups excluding carboxylic acids is 1. The SMILES string of the molecule is CSc1ncccc1C(=O)N(Cc1ccccc1)[C@H]1C[C@H]2CCOC[C@@]2(c2ccccc2)C1. The van der Waals surface area contributed by atoms with Crippen LogP contribution in [-0.2, 0) is 16.7 Å². The lowest BCUT2D eigenvalue weighted by molar-refractivity contribution is 0.00729. The van der Waals surface area contributed by atoms with Crippen molar-refractivity contribution in [2.75, 3.05) is 19.5 Å². The highest BCUT2D eigenvalue weighted by atomic mass is 32.2. The molecule has 1 saturated heterocycles. The maximum atomic E-state index is 14.0. The Morgan fingerprint density at radius 3 is 2.61 bits per heavy atom. The van der Waals surface area contributed by atoms with Crippen molar-refractivity contribution < 1.29 is 9.53 Å². The number of nitrogens with zero attached hydrogens (tertiary/aromatic N) is 2. The Bertz CT molecular complexity index is 1090. The fraction of sp³-hybridized carbons (Fsp3) is 0.357. The zero-order valence-corrected chi connectivity index (χ0v) is 19.8. The third-order valence-electron chi connectivity index (χ3n) is 7.35. The summed E-state index contributed by atoms with van der Waals surface area (Å²) in [5.74, 6) is 0.586. The molecule has 0 unspecified atom stereocenters. The average molecular weight is 459 g/mol. The van der Waals surface area contributed by atoms with Gasteiger partial charge in [-0.1, -0.05) is 60.7 Å². The van der Waals surface area contributed by atoms with Crippen molar-refractivity contribution in [2.45, 2.75) is 42.3 Å². The van der Waals surface area contributed by atoms with Gasteiger partial charge in [-0.15, -0.1) is 11.8 Å². The van der Waals surface area contributed by atoms with Crippen molar-refractivity contribution in [1.82, 2.24) is 9.88 Å². The Labute approximate surface area is 200 Å². The zero-order chi connectivity index (χ0) is 22.7. The molecular formula is C28H30N2O2S. The molecule has 1 amide bonds. The summed E-state index contributed by atoms with van der Waals surface area (Å²) in [6, 6.07) is 25.0. The van der Waals surface area contributed by atoms with Gasteiger partial charge in [0.1, 0.15) is 5.03 Å². The molecule has 1 aromatic heterocycles. The minimum absolute atomic E-state index is 0.0311. The minimum atomic E-state index is -0.0311. The molecule has 5 heteroatoms. The zero-order valence-electron chi connectivity index (χ0n) is 19.0. The Balaban J connectivity index is 1.52. The molecule has 2 heterocycles. The van der Waals surface area contributed by atoms with E-state index < -0.39 is 0 Å². The van der Waals surface area contributed by atoms with E-state index in [2.05, 4.69) is 52.3 Å². The van der Waals surface area contributed by atoms with E-state index in [1.165, 1.54) is 17.3 Å². The van der Waals surface area contributed by atoms with E-state index in [0.717, 1.165) is 43.1 Å². The first-order valence-electron chi connectivity index (χ1n) is 11.7. The number of amides is 1. The summed E-state index contributed by atoms with van der Waals surface area (Å²) < 4.78 is 6.05. The van der Waals surface area contributed by atoms with Gasteiger partial charge in [0, 0.05) is 30.8 Å². The molecule has 3 atom stereocenters. The van der Waals surface area contributed by atoms with Gasteiger partial charge >= 0.3 is 0 Å². The van der Waals surface area contributed by atoms with Crippen LogP contribution < -0.4 is 0 Å². The van der Waals surface area contributed by atoms with E-state index in [4.69, 9.17) is 4.74 Å². The van der Waals surface area contributed by atoms with E-state index in [9.17, 15) is 4.79 Å². The van der Waals surface area contributed by atoms with Crippen LogP contribution in [0.1, 0.15) is 40.7 Å². The van der Waals surface area contributed by atoms with Crippen LogP contribution in [0.15, 0.2) is 84.0 Å². The van der Waals surface area contributed by atoms with E-state index in [0.29, 0.717) is 18.0 Å². The molecule has 1 saturated carbocycles. The van der Waals surface area contributed by atoms with Crippen molar-refractivity contribution in [1.29, 1.82) is 0 Å². The summed E-state index contributed by atoms with van der Waals surface area (Å²) in [4.78, 5) is 20.6. The molecular weight excluding hydrogens is 428 g/mol. The highest BCUT2D eigenvalue weighted by molar-refractivity contribution is 7.98. The number of aromatic nitrogens is 1. The van der Waals surface area contributed by atoms with Crippen LogP contribution >= 0.6 is 11.8 Å². The monoisotopic (exact) mass is 458 g/mol. The molecule has 2 aromatic carbocycles.